The van der Waals surface area contributed by atoms with Crippen molar-refractivity contribution < 1.29 is 17.9 Å². The quantitative estimate of drug-likeness (QED) is 0.673. The Morgan fingerprint density at radius 1 is 1.07 bits per heavy atom. The molecule has 3 heterocycles. The average Bonchev–Trinajstić information content (AvgIpc) is 3.08. The van der Waals surface area contributed by atoms with Gasteiger partial charge in [-0.25, -0.2) is 8.42 Å². The van der Waals surface area contributed by atoms with Gasteiger partial charge in [-0.15, -0.1) is 0 Å². The van der Waals surface area contributed by atoms with Crippen LogP contribution in [0, 0.1) is 0 Å². The number of halogens is 1. The van der Waals surface area contributed by atoms with Gasteiger partial charge in [-0.3, -0.25) is 9.69 Å². The number of carbonyl (C=O) groups excluding carboxylic acids is 1. The molecule has 1 unspecified atom stereocenters. The fourth-order valence-electron chi connectivity index (χ4n) is 4.77. The highest BCUT2D eigenvalue weighted by molar-refractivity contribution is 9.10. The molecule has 1 amide bonds. The molecule has 0 bridgehead atoms. The van der Waals surface area contributed by atoms with E-state index in [2.05, 4.69) is 20.8 Å². The summed E-state index contributed by atoms with van der Waals surface area (Å²) in [5.74, 6) is 0.752. The fourth-order valence-corrected chi connectivity index (χ4v) is 6.80. The minimum Gasteiger partial charge on any atom is -0.381 e. The molecule has 4 rings (SSSR count). The van der Waals surface area contributed by atoms with E-state index in [1.807, 2.05) is 29.2 Å². The topological polar surface area (TPSA) is 66.9 Å². The van der Waals surface area contributed by atoms with E-state index in [-0.39, 0.29) is 17.7 Å². The van der Waals surface area contributed by atoms with Crippen LogP contribution in [0.3, 0.4) is 0 Å². The van der Waals surface area contributed by atoms with Crippen molar-refractivity contribution in [3.63, 3.8) is 0 Å². The lowest BCUT2D eigenvalue weighted by molar-refractivity contribution is -0.143. The average molecular weight is 471 g/mol. The van der Waals surface area contributed by atoms with Gasteiger partial charge in [0.05, 0.1) is 16.9 Å². The maximum absolute atomic E-state index is 13.6. The molecule has 0 aromatic heterocycles. The maximum atomic E-state index is 13.6. The third-order valence-electron chi connectivity index (χ3n) is 6.48. The summed E-state index contributed by atoms with van der Waals surface area (Å²) < 4.78 is 30.1. The highest BCUT2D eigenvalue weighted by Gasteiger charge is 2.45. The molecule has 154 valence electrons. The predicted molar refractivity (Wildman–Crippen MR) is 111 cm³/mol. The van der Waals surface area contributed by atoms with Crippen LogP contribution in [-0.4, -0.2) is 81.1 Å². The van der Waals surface area contributed by atoms with Crippen molar-refractivity contribution in [3.05, 3.63) is 34.3 Å². The summed E-state index contributed by atoms with van der Waals surface area (Å²) in [4.78, 5) is 17.9. The van der Waals surface area contributed by atoms with Crippen molar-refractivity contribution in [3.8, 4) is 0 Å². The summed E-state index contributed by atoms with van der Waals surface area (Å²) in [7, 11) is -2.88. The Hall–Kier alpha value is -0.960. The van der Waals surface area contributed by atoms with E-state index in [0.717, 1.165) is 29.5 Å². The maximum Gasteiger partial charge on any atom is 0.233 e. The van der Waals surface area contributed by atoms with E-state index in [4.69, 9.17) is 4.74 Å². The minimum atomic E-state index is -2.88. The molecule has 3 saturated heterocycles. The van der Waals surface area contributed by atoms with Gasteiger partial charge in [0.1, 0.15) is 0 Å². The van der Waals surface area contributed by atoms with Gasteiger partial charge in [0.15, 0.2) is 9.84 Å². The second kappa shape index (κ2) is 8.05. The first-order valence-electron chi connectivity index (χ1n) is 9.97. The third kappa shape index (κ3) is 4.01. The number of amides is 1. The third-order valence-corrected chi connectivity index (χ3v) is 8.76. The van der Waals surface area contributed by atoms with Crippen molar-refractivity contribution in [2.24, 2.45) is 0 Å². The Kier molecular flexibility index (Phi) is 5.84. The Bertz CT molecular complexity index is 813. The monoisotopic (exact) mass is 470 g/mol. The van der Waals surface area contributed by atoms with E-state index in [9.17, 15) is 13.2 Å². The summed E-state index contributed by atoms with van der Waals surface area (Å²) in [5.41, 5.74) is 0.547. The predicted octanol–water partition coefficient (Wildman–Crippen LogP) is 1.83. The molecule has 0 saturated carbocycles. The van der Waals surface area contributed by atoms with E-state index in [1.165, 1.54) is 0 Å². The first-order valence-corrected chi connectivity index (χ1v) is 12.6. The summed E-state index contributed by atoms with van der Waals surface area (Å²) in [6, 6.07) is 8.21. The lowest BCUT2D eigenvalue weighted by atomic mass is 9.73. The van der Waals surface area contributed by atoms with E-state index < -0.39 is 15.3 Å². The molecule has 1 aromatic rings. The van der Waals surface area contributed by atoms with Crippen LogP contribution in [0.15, 0.2) is 28.7 Å². The molecule has 0 aliphatic carbocycles. The number of piperazine rings is 1. The largest absolute Gasteiger partial charge is 0.381 e. The van der Waals surface area contributed by atoms with Crippen LogP contribution in [0.4, 0.5) is 0 Å². The number of benzene rings is 1. The summed E-state index contributed by atoms with van der Waals surface area (Å²) >= 11 is 3.48. The molecule has 1 aromatic carbocycles. The van der Waals surface area contributed by atoms with Crippen LogP contribution in [0.2, 0.25) is 0 Å². The SMILES string of the molecule is O=C(N1CCN(C2CCS(=O)(=O)C2)CC1)C1(c2ccc(Br)cc2)CCOCC1. The number of sulfone groups is 1. The van der Waals surface area contributed by atoms with Gasteiger partial charge in [0.25, 0.3) is 0 Å². The van der Waals surface area contributed by atoms with Gasteiger partial charge in [0.2, 0.25) is 5.91 Å². The smallest absolute Gasteiger partial charge is 0.233 e. The molecule has 0 radical (unpaired) electrons. The zero-order chi connectivity index (χ0) is 19.8. The Morgan fingerprint density at radius 3 is 2.29 bits per heavy atom. The molecule has 3 fully saturated rings. The van der Waals surface area contributed by atoms with Crippen LogP contribution in [-0.2, 0) is 24.8 Å². The summed E-state index contributed by atoms with van der Waals surface area (Å²) in [5, 5.41) is 0. The van der Waals surface area contributed by atoms with Crippen molar-refractivity contribution >= 4 is 31.7 Å². The summed E-state index contributed by atoms with van der Waals surface area (Å²) in [6.45, 7) is 4.02. The van der Waals surface area contributed by atoms with Gasteiger partial charge < -0.3 is 9.64 Å². The normalized spacial score (nSPS) is 27.6. The first-order chi connectivity index (χ1) is 13.4. The first kappa shape index (κ1) is 20.3. The number of nitrogens with zero attached hydrogens (tertiary/aromatic N) is 2. The highest BCUT2D eigenvalue weighted by Crippen LogP contribution is 2.37. The Morgan fingerprint density at radius 2 is 1.71 bits per heavy atom. The molecule has 1 atom stereocenters. The highest BCUT2D eigenvalue weighted by atomic mass is 79.9. The Balaban J connectivity index is 1.47. The van der Waals surface area contributed by atoms with Gasteiger partial charge >= 0.3 is 0 Å². The molecular formula is C20H27BrN2O4S. The second-order valence-corrected chi connectivity index (χ2v) is 11.2. The molecular weight excluding hydrogens is 444 g/mol. The lowest BCUT2D eigenvalue weighted by Gasteiger charge is -2.44. The van der Waals surface area contributed by atoms with Crippen LogP contribution in [0.25, 0.3) is 0 Å². The number of carbonyl (C=O) groups is 1. The Labute approximate surface area is 175 Å². The lowest BCUT2D eigenvalue weighted by Crippen LogP contribution is -2.57. The van der Waals surface area contributed by atoms with Crippen molar-refractivity contribution in [2.75, 3.05) is 50.9 Å². The molecule has 0 N–H and O–H groups in total. The van der Waals surface area contributed by atoms with Gasteiger partial charge in [0, 0.05) is 49.9 Å². The van der Waals surface area contributed by atoms with Crippen molar-refractivity contribution in [2.45, 2.75) is 30.7 Å². The molecule has 8 heteroatoms. The van der Waals surface area contributed by atoms with Crippen LogP contribution < -0.4 is 0 Å². The van der Waals surface area contributed by atoms with Crippen molar-refractivity contribution in [1.82, 2.24) is 9.80 Å². The molecule has 3 aliphatic heterocycles. The fraction of sp³-hybridized carbons (Fsp3) is 0.650. The number of hydrogen-bond donors (Lipinski definition) is 0. The molecule has 6 nitrogen and oxygen atoms in total. The number of ether oxygens (including phenoxy) is 1. The zero-order valence-corrected chi connectivity index (χ0v) is 18.4. The van der Waals surface area contributed by atoms with E-state index >= 15 is 0 Å². The van der Waals surface area contributed by atoms with Gasteiger partial charge in [-0.1, -0.05) is 28.1 Å². The van der Waals surface area contributed by atoms with Crippen molar-refractivity contribution in [1.29, 1.82) is 0 Å². The molecule has 0 spiro atoms. The standard InChI is InChI=1S/C20H27BrN2O4S/c21-17-3-1-16(2-4-17)20(6-12-27-13-7-20)19(24)23-10-8-22(9-11-23)18-5-14-28(25,26)15-18/h1-4,18H,5-15H2. The van der Waals surface area contributed by atoms with E-state index in [1.54, 1.807) is 0 Å². The minimum absolute atomic E-state index is 0.116. The zero-order valence-electron chi connectivity index (χ0n) is 16.0. The molecule has 28 heavy (non-hydrogen) atoms. The second-order valence-electron chi connectivity index (χ2n) is 8.09. The van der Waals surface area contributed by atoms with Gasteiger partial charge in [-0.05, 0) is 37.0 Å². The van der Waals surface area contributed by atoms with Crippen LogP contribution >= 0.6 is 15.9 Å². The van der Waals surface area contributed by atoms with E-state index in [0.29, 0.717) is 44.9 Å². The molecule has 3 aliphatic rings. The van der Waals surface area contributed by atoms with Gasteiger partial charge in [-0.2, -0.15) is 0 Å². The number of hydrogen-bond acceptors (Lipinski definition) is 5. The van der Waals surface area contributed by atoms with Crippen LogP contribution in [0.1, 0.15) is 24.8 Å². The van der Waals surface area contributed by atoms with Crippen LogP contribution in [0.5, 0.6) is 0 Å². The summed E-state index contributed by atoms with van der Waals surface area (Å²) in [6.07, 6.45) is 2.12. The number of rotatable bonds is 3.